The second-order valence-corrected chi connectivity index (χ2v) is 9.87. The molecule has 0 aliphatic heterocycles. The number of ether oxygens (including phenoxy) is 1. The average Bonchev–Trinajstić information content (AvgIpc) is 3.13. The third kappa shape index (κ3) is 3.65. The zero-order valence-corrected chi connectivity index (χ0v) is 18.4. The van der Waals surface area contributed by atoms with Crippen LogP contribution in [0.5, 0.6) is 5.75 Å². The fraction of sp³-hybridized carbons (Fsp3) is 0.455. The molecule has 1 aromatic carbocycles. The molecule has 5 nitrogen and oxygen atoms in total. The molecule has 0 fully saturated rings. The molecule has 28 heavy (non-hydrogen) atoms. The Balaban J connectivity index is 2.37. The number of fused-ring (bicyclic) bond motifs is 1. The number of carboxylic acids is 1. The third-order valence-corrected chi connectivity index (χ3v) is 5.60. The van der Waals surface area contributed by atoms with Gasteiger partial charge in [0.15, 0.2) is 10.7 Å². The Kier molecular flexibility index (Phi) is 5.04. The Morgan fingerprint density at radius 3 is 2.39 bits per heavy atom. The van der Waals surface area contributed by atoms with Crippen molar-refractivity contribution in [3.8, 4) is 17.0 Å². The minimum absolute atomic E-state index is 0.0319. The van der Waals surface area contributed by atoms with Crippen molar-refractivity contribution in [3.63, 3.8) is 0 Å². The number of aromatic nitrogens is 2. The molecule has 2 heterocycles. The number of carboxylic acid groups (broad SMARTS) is 1. The summed E-state index contributed by atoms with van der Waals surface area (Å²) in [6.45, 7) is 15.7. The molecule has 2 aromatic heterocycles. The number of hydrogen-bond acceptors (Lipinski definition) is 4. The second kappa shape index (κ2) is 6.92. The van der Waals surface area contributed by atoms with Crippen LogP contribution in [-0.4, -0.2) is 27.1 Å². The van der Waals surface area contributed by atoms with Gasteiger partial charge in [0.1, 0.15) is 5.75 Å². The van der Waals surface area contributed by atoms with E-state index in [1.807, 2.05) is 16.7 Å². The second-order valence-electron chi connectivity index (χ2n) is 9.04. The summed E-state index contributed by atoms with van der Waals surface area (Å²) in [6.07, 6.45) is 1.58. The molecule has 0 unspecified atom stereocenters. The minimum atomic E-state index is -1.02. The molecule has 0 aliphatic rings. The maximum Gasteiger partial charge on any atom is 0.356 e. The maximum atomic E-state index is 11.4. The number of hydrogen-bond donors (Lipinski definition) is 1. The van der Waals surface area contributed by atoms with Crippen molar-refractivity contribution in [3.05, 3.63) is 40.5 Å². The van der Waals surface area contributed by atoms with E-state index in [1.165, 1.54) is 16.9 Å². The summed E-state index contributed by atoms with van der Waals surface area (Å²) >= 11 is 1.43. The summed E-state index contributed by atoms with van der Waals surface area (Å²) in [6, 6.07) is 4.41. The van der Waals surface area contributed by atoms with E-state index in [0.717, 1.165) is 22.6 Å². The number of imidazole rings is 1. The Morgan fingerprint density at radius 2 is 1.86 bits per heavy atom. The van der Waals surface area contributed by atoms with E-state index in [0.29, 0.717) is 11.6 Å². The monoisotopic (exact) mass is 400 g/mol. The molecule has 1 N–H and O–H groups in total. The van der Waals surface area contributed by atoms with Crippen LogP contribution in [0.1, 0.15) is 70.1 Å². The van der Waals surface area contributed by atoms with Crippen LogP contribution in [0.2, 0.25) is 0 Å². The Labute approximate surface area is 170 Å². The Hall–Kier alpha value is -2.34. The van der Waals surface area contributed by atoms with Crippen LogP contribution in [-0.2, 0) is 10.8 Å². The molecule has 0 bridgehead atoms. The summed E-state index contributed by atoms with van der Waals surface area (Å²) in [5.74, 6) is -0.168. The Bertz CT molecular complexity index is 1030. The fourth-order valence-electron chi connectivity index (χ4n) is 3.19. The lowest BCUT2D eigenvalue weighted by molar-refractivity contribution is 0.0691. The van der Waals surface area contributed by atoms with Crippen molar-refractivity contribution in [2.45, 2.75) is 59.3 Å². The molecular weight excluding hydrogens is 372 g/mol. The first kappa shape index (κ1) is 20.4. The SMILES string of the molecule is CCOc1c(-c2csc3nc(C(=O)O)cn23)cc(C(C)(C)C)cc1C(C)(C)C. The molecule has 3 rings (SSSR count). The summed E-state index contributed by atoms with van der Waals surface area (Å²) in [4.78, 5) is 16.2. The number of thiazole rings is 1. The van der Waals surface area contributed by atoms with Gasteiger partial charge < -0.3 is 9.84 Å². The largest absolute Gasteiger partial charge is 0.493 e. The predicted molar refractivity (Wildman–Crippen MR) is 114 cm³/mol. The van der Waals surface area contributed by atoms with Gasteiger partial charge in [-0.15, -0.1) is 11.3 Å². The molecule has 0 atom stereocenters. The molecule has 0 saturated carbocycles. The van der Waals surface area contributed by atoms with Crippen molar-refractivity contribution < 1.29 is 14.6 Å². The van der Waals surface area contributed by atoms with Crippen LogP contribution >= 0.6 is 11.3 Å². The highest BCUT2D eigenvalue weighted by atomic mass is 32.1. The molecule has 0 saturated heterocycles. The van der Waals surface area contributed by atoms with Crippen LogP contribution in [0.15, 0.2) is 23.7 Å². The van der Waals surface area contributed by atoms with Crippen molar-refractivity contribution in [2.75, 3.05) is 6.61 Å². The van der Waals surface area contributed by atoms with Gasteiger partial charge >= 0.3 is 5.97 Å². The van der Waals surface area contributed by atoms with Crippen molar-refractivity contribution in [1.29, 1.82) is 0 Å². The van der Waals surface area contributed by atoms with Gasteiger partial charge in [0.05, 0.1) is 12.3 Å². The lowest BCUT2D eigenvalue weighted by Gasteiger charge is -2.29. The minimum Gasteiger partial charge on any atom is -0.493 e. The van der Waals surface area contributed by atoms with E-state index < -0.39 is 5.97 Å². The van der Waals surface area contributed by atoms with Gasteiger partial charge in [-0.1, -0.05) is 47.6 Å². The van der Waals surface area contributed by atoms with E-state index in [1.54, 1.807) is 6.20 Å². The summed E-state index contributed by atoms with van der Waals surface area (Å²) in [5, 5.41) is 11.3. The van der Waals surface area contributed by atoms with Gasteiger partial charge in [0.25, 0.3) is 0 Å². The molecular formula is C22H28N2O3S. The van der Waals surface area contributed by atoms with Gasteiger partial charge in [-0.2, -0.15) is 0 Å². The normalized spacial score (nSPS) is 12.5. The van der Waals surface area contributed by atoms with Crippen LogP contribution in [0.3, 0.4) is 0 Å². The highest BCUT2D eigenvalue weighted by Crippen LogP contribution is 2.43. The predicted octanol–water partition coefficient (Wildman–Crippen LogP) is 5.75. The van der Waals surface area contributed by atoms with E-state index in [9.17, 15) is 9.90 Å². The molecule has 0 radical (unpaired) electrons. The first-order chi connectivity index (χ1) is 12.9. The highest BCUT2D eigenvalue weighted by Gasteiger charge is 2.28. The van der Waals surface area contributed by atoms with Crippen molar-refractivity contribution in [1.82, 2.24) is 9.38 Å². The number of rotatable bonds is 4. The maximum absolute atomic E-state index is 11.4. The molecule has 0 aliphatic carbocycles. The van der Waals surface area contributed by atoms with Crippen LogP contribution in [0.4, 0.5) is 0 Å². The van der Waals surface area contributed by atoms with E-state index in [2.05, 4.69) is 58.7 Å². The topological polar surface area (TPSA) is 63.8 Å². The smallest absolute Gasteiger partial charge is 0.356 e. The zero-order chi connectivity index (χ0) is 20.9. The fourth-order valence-corrected chi connectivity index (χ4v) is 4.06. The molecule has 0 amide bonds. The number of carbonyl (C=O) groups is 1. The van der Waals surface area contributed by atoms with Gasteiger partial charge in [-0.25, -0.2) is 9.78 Å². The van der Waals surface area contributed by atoms with E-state index in [-0.39, 0.29) is 16.5 Å². The van der Waals surface area contributed by atoms with Gasteiger partial charge in [-0.05, 0) is 29.4 Å². The molecule has 0 spiro atoms. The van der Waals surface area contributed by atoms with E-state index >= 15 is 0 Å². The van der Waals surface area contributed by atoms with Crippen LogP contribution in [0, 0.1) is 0 Å². The number of aromatic carboxylic acids is 1. The molecule has 3 aromatic rings. The molecule has 6 heteroatoms. The van der Waals surface area contributed by atoms with Gasteiger partial charge in [0.2, 0.25) is 0 Å². The summed E-state index contributed by atoms with van der Waals surface area (Å²) < 4.78 is 8.00. The highest BCUT2D eigenvalue weighted by molar-refractivity contribution is 7.15. The summed E-state index contributed by atoms with van der Waals surface area (Å²) in [7, 11) is 0. The Morgan fingerprint density at radius 1 is 1.18 bits per heavy atom. The lowest BCUT2D eigenvalue weighted by Crippen LogP contribution is -2.18. The zero-order valence-electron chi connectivity index (χ0n) is 17.6. The standard InChI is InChI=1S/C22H28N2O3S/c1-8-27-18-14(9-13(21(2,3)4)10-15(18)22(5,6)7)17-12-28-20-23-16(19(25)26)11-24(17)20/h9-12H,8H2,1-7H3,(H,25,26). The average molecular weight is 401 g/mol. The van der Waals surface area contributed by atoms with Crippen molar-refractivity contribution >= 4 is 22.3 Å². The van der Waals surface area contributed by atoms with Crippen LogP contribution < -0.4 is 4.74 Å². The van der Waals surface area contributed by atoms with Gasteiger partial charge in [-0.3, -0.25) is 4.40 Å². The number of nitrogens with zero attached hydrogens (tertiary/aromatic N) is 2. The molecule has 150 valence electrons. The first-order valence-corrected chi connectivity index (χ1v) is 10.3. The van der Waals surface area contributed by atoms with Gasteiger partial charge in [0, 0.05) is 22.7 Å². The number of benzene rings is 1. The summed E-state index contributed by atoms with van der Waals surface area (Å²) in [5.41, 5.74) is 4.16. The third-order valence-electron chi connectivity index (χ3n) is 4.76. The van der Waals surface area contributed by atoms with E-state index in [4.69, 9.17) is 4.74 Å². The van der Waals surface area contributed by atoms with Crippen molar-refractivity contribution in [2.24, 2.45) is 0 Å². The van der Waals surface area contributed by atoms with Crippen LogP contribution in [0.25, 0.3) is 16.2 Å². The quantitative estimate of drug-likeness (QED) is 0.605. The first-order valence-electron chi connectivity index (χ1n) is 9.45. The lowest BCUT2D eigenvalue weighted by atomic mass is 9.78.